The number of benzene rings is 6. The number of aryl methyl sites for hydroxylation is 18. The number of rotatable bonds is 12. The molecule has 0 fully saturated rings. The van der Waals surface area contributed by atoms with Crippen molar-refractivity contribution in [3.8, 4) is 0 Å². The molecule has 6 rings (SSSR count). The average Bonchev–Trinajstić information content (AvgIpc) is 3.24. The van der Waals surface area contributed by atoms with E-state index in [-0.39, 0.29) is 86.8 Å². The third-order valence-corrected chi connectivity index (χ3v) is 18.3. The van der Waals surface area contributed by atoms with Crippen molar-refractivity contribution in [2.45, 2.75) is 136 Å². The Balaban J connectivity index is 0.000000574. The van der Waals surface area contributed by atoms with E-state index in [9.17, 15) is 57.8 Å². The molecule has 0 amide bonds. The van der Waals surface area contributed by atoms with Gasteiger partial charge in [0.15, 0.2) is 19.1 Å². The van der Waals surface area contributed by atoms with Crippen molar-refractivity contribution in [3.05, 3.63) is 206 Å². The van der Waals surface area contributed by atoms with Gasteiger partial charge >= 0.3 is 66.5 Å². The molecule has 78 heavy (non-hydrogen) atoms. The molecule has 6 aromatic carbocycles. The topological polar surface area (TPSA) is 253 Å². The fourth-order valence-corrected chi connectivity index (χ4v) is 15.3. The summed E-state index contributed by atoms with van der Waals surface area (Å²) in [6, 6.07) is 21.5. The van der Waals surface area contributed by atoms with E-state index in [2.05, 4.69) is 0 Å². The Bertz CT molecular complexity index is 2960. The molecule has 18 heteroatoms. The van der Waals surface area contributed by atoms with Gasteiger partial charge in [0.05, 0.1) is 0 Å². The van der Waals surface area contributed by atoms with E-state index in [0.717, 1.165) is 55.6 Å². The molecule has 2 atom stereocenters. The Labute approximate surface area is 505 Å². The molecular formula is C60H73Na2O13P3. The van der Waals surface area contributed by atoms with Gasteiger partial charge in [-0.1, -0.05) is 106 Å². The molecule has 5 N–H and O–H groups in total. The third kappa shape index (κ3) is 15.9. The van der Waals surface area contributed by atoms with Crippen LogP contribution in [-0.4, -0.2) is 47.6 Å². The SMILES string of the molecule is Cc1cc(C)c(C(=O)P(=O)(O)C(=O)c2c(C)cc(C)cc2C)c(C)c1.Cc1cc(C)c(C(=O)P(=O)([O-])C(=O)c2c(C)cc(C)cc2C)c(C)c1.Cc1cc(C)c(C(O)P(=O)(O)C(O)c2c(C)cc(C)cc2C)c(C)c1.[Na+].[Na+].[OH-]. The van der Waals surface area contributed by atoms with Gasteiger partial charge in [-0.05, 0) is 203 Å². The standard InChI is InChI=1S/C20H27O4P.2C20H23O4P.2Na.H2O/c3*1-11-7-13(3)17(14(4)8-11)19(21)25(23,24)20(22)18-15(5)9-12(2)10-16(18)6;;;/h7-10,19-22H,1-6H3,(H,23,24);2*7-10H,1-6H3,(H,23,24);;;1H2/q;;;2*+1;/p-2. The number of aliphatic hydroxyl groups excluding tert-OH is 2. The second kappa shape index (κ2) is 28.4. The summed E-state index contributed by atoms with van der Waals surface area (Å²) < 4.78 is 38.6. The van der Waals surface area contributed by atoms with Gasteiger partial charge in [0.1, 0.15) is 0 Å². The predicted octanol–water partition coefficient (Wildman–Crippen LogP) is 7.26. The van der Waals surface area contributed by atoms with Crippen molar-refractivity contribution in [2.75, 3.05) is 0 Å². The minimum atomic E-state index is -4.98. The van der Waals surface area contributed by atoms with Gasteiger partial charge in [-0.25, -0.2) is 0 Å². The molecule has 13 nitrogen and oxygen atoms in total. The van der Waals surface area contributed by atoms with Crippen LogP contribution in [0.3, 0.4) is 0 Å². The predicted molar refractivity (Wildman–Crippen MR) is 300 cm³/mol. The molecular weight excluding hydrogens is 1070 g/mol. The Morgan fingerprint density at radius 1 is 0.346 bits per heavy atom. The first kappa shape index (κ1) is 72.5. The van der Waals surface area contributed by atoms with Crippen LogP contribution in [0.1, 0.15) is 164 Å². The van der Waals surface area contributed by atoms with Crippen LogP contribution in [0.5, 0.6) is 0 Å². The van der Waals surface area contributed by atoms with Crippen LogP contribution < -0.4 is 64.0 Å². The van der Waals surface area contributed by atoms with Gasteiger partial charge in [-0.2, -0.15) is 0 Å². The maximum absolute atomic E-state index is 13.0. The van der Waals surface area contributed by atoms with E-state index in [1.54, 1.807) is 132 Å². The summed E-state index contributed by atoms with van der Waals surface area (Å²) >= 11 is 0. The fraction of sp³-hybridized carbons (Fsp3) is 0.333. The Morgan fingerprint density at radius 2 is 0.500 bits per heavy atom. The Hall–Kier alpha value is -3.55. The average molecular weight is 1140 g/mol. The molecule has 2 unspecified atom stereocenters. The van der Waals surface area contributed by atoms with E-state index < -0.39 is 55.9 Å². The van der Waals surface area contributed by atoms with Crippen LogP contribution >= 0.6 is 22.1 Å². The molecule has 408 valence electrons. The molecule has 0 saturated heterocycles. The van der Waals surface area contributed by atoms with Crippen molar-refractivity contribution in [1.29, 1.82) is 0 Å². The zero-order valence-corrected chi connectivity index (χ0v) is 55.6. The van der Waals surface area contributed by atoms with E-state index in [0.29, 0.717) is 55.6 Å². The molecule has 0 saturated carbocycles. The molecule has 0 aliphatic carbocycles. The third-order valence-electron chi connectivity index (χ3n) is 13.3. The van der Waals surface area contributed by atoms with Crippen molar-refractivity contribution >= 4 is 44.2 Å². The molecule has 0 radical (unpaired) electrons. The Morgan fingerprint density at radius 3 is 0.679 bits per heavy atom. The van der Waals surface area contributed by atoms with Gasteiger partial charge in [-0.15, -0.1) is 0 Å². The van der Waals surface area contributed by atoms with Crippen LogP contribution in [0.2, 0.25) is 0 Å². The van der Waals surface area contributed by atoms with Crippen LogP contribution in [0, 0.1) is 125 Å². The van der Waals surface area contributed by atoms with Gasteiger partial charge in [-0.3, -0.25) is 28.3 Å². The zero-order valence-electron chi connectivity index (χ0n) is 48.9. The van der Waals surface area contributed by atoms with Gasteiger partial charge in [0, 0.05) is 22.3 Å². The van der Waals surface area contributed by atoms with Crippen LogP contribution in [0.15, 0.2) is 72.8 Å². The maximum atomic E-state index is 13.0. The monoisotopic (exact) mass is 1140 g/mol. The number of aliphatic hydroxyl groups is 2. The minimum absolute atomic E-state index is 0. The summed E-state index contributed by atoms with van der Waals surface area (Å²) in [6.07, 6.45) is 0. The van der Waals surface area contributed by atoms with Gasteiger partial charge in [0.25, 0.3) is 18.4 Å². The molecule has 0 aliphatic rings. The number of carbonyl (C=O) groups is 4. The van der Waals surface area contributed by atoms with E-state index in [1.807, 2.05) is 65.8 Å². The fourth-order valence-electron chi connectivity index (χ4n) is 10.6. The van der Waals surface area contributed by atoms with Gasteiger partial charge < -0.3 is 34.9 Å². The number of hydrogen-bond donors (Lipinski definition) is 4. The summed E-state index contributed by atoms with van der Waals surface area (Å²) in [7, 11) is -14.1. The summed E-state index contributed by atoms with van der Waals surface area (Å²) in [4.78, 5) is 84.9. The minimum Gasteiger partial charge on any atom is -0.870 e. The molecule has 0 bridgehead atoms. The first-order chi connectivity index (χ1) is 34.4. The zero-order chi connectivity index (χ0) is 57.3. The molecule has 0 aliphatic heterocycles. The van der Waals surface area contributed by atoms with Crippen molar-refractivity contribution < 1.29 is 122 Å². The van der Waals surface area contributed by atoms with Crippen LogP contribution in [0.4, 0.5) is 0 Å². The second-order valence-electron chi connectivity index (χ2n) is 20.5. The summed E-state index contributed by atoms with van der Waals surface area (Å²) in [5, 5.41) is 21.4. The second-order valence-corrected chi connectivity index (χ2v) is 26.7. The molecule has 6 aromatic rings. The number of hydrogen-bond acceptors (Lipinski definition) is 11. The van der Waals surface area contributed by atoms with Crippen molar-refractivity contribution in [2.24, 2.45) is 0 Å². The smallest absolute Gasteiger partial charge is 0.870 e. The summed E-state index contributed by atoms with van der Waals surface area (Å²) in [5.74, 6) is -3.27. The van der Waals surface area contributed by atoms with Crippen LogP contribution in [-0.2, 0) is 13.7 Å². The normalized spacial score (nSPS) is 12.6. The summed E-state index contributed by atoms with van der Waals surface area (Å²) in [6.45, 7) is 32.1. The molecule has 0 aromatic heterocycles. The summed E-state index contributed by atoms with van der Waals surface area (Å²) in [5.41, 5.74) is 10.5. The van der Waals surface area contributed by atoms with E-state index in [4.69, 9.17) is 0 Å². The van der Waals surface area contributed by atoms with Gasteiger partial charge in [0.2, 0.25) is 11.0 Å². The van der Waals surface area contributed by atoms with E-state index >= 15 is 0 Å². The maximum Gasteiger partial charge on any atom is 1.00 e. The largest absolute Gasteiger partial charge is 1.00 e. The van der Waals surface area contributed by atoms with Crippen molar-refractivity contribution in [1.82, 2.24) is 0 Å². The molecule has 0 spiro atoms. The number of carbonyl (C=O) groups excluding carboxylic acids is 4. The first-order valence-electron chi connectivity index (χ1n) is 24.4. The van der Waals surface area contributed by atoms with Crippen molar-refractivity contribution in [3.63, 3.8) is 0 Å². The molecule has 0 heterocycles. The quantitative estimate of drug-likeness (QED) is 0.0696. The Kier molecular flexibility index (Phi) is 26.4. The van der Waals surface area contributed by atoms with E-state index in [1.165, 1.54) is 0 Å². The first-order valence-corrected chi connectivity index (χ1v) is 29.5. The van der Waals surface area contributed by atoms with Crippen LogP contribution in [0.25, 0.3) is 0 Å².